The van der Waals surface area contributed by atoms with Gasteiger partial charge in [0.25, 0.3) is 0 Å². The molecule has 0 aliphatic carbocycles. The minimum absolute atomic E-state index is 0.0971. The summed E-state index contributed by atoms with van der Waals surface area (Å²) in [5.41, 5.74) is 1.58. The van der Waals surface area contributed by atoms with Crippen LogP contribution in [-0.2, 0) is 24.3 Å². The van der Waals surface area contributed by atoms with Gasteiger partial charge in [-0.05, 0) is 48.9 Å². The van der Waals surface area contributed by atoms with Crippen LogP contribution in [0.4, 0.5) is 0 Å². The summed E-state index contributed by atoms with van der Waals surface area (Å²) in [6.07, 6.45) is 0.0971. The number of carbonyl (C=O) groups is 1. The SMILES string of the molecule is CCn1nc(-c2ccc(Cl)c(OC)c2)nc1CC(=O)NCc1cc(Cl)cc(Cl)c1. The van der Waals surface area contributed by atoms with E-state index < -0.39 is 0 Å². The van der Waals surface area contributed by atoms with E-state index in [-0.39, 0.29) is 12.3 Å². The van der Waals surface area contributed by atoms with Crippen molar-refractivity contribution >= 4 is 40.7 Å². The lowest BCUT2D eigenvalue weighted by Crippen LogP contribution is -2.26. The summed E-state index contributed by atoms with van der Waals surface area (Å²) in [5.74, 6) is 1.43. The predicted octanol–water partition coefficient (Wildman–Crippen LogP) is 4.79. The number of methoxy groups -OCH3 is 1. The van der Waals surface area contributed by atoms with Crippen molar-refractivity contribution in [3.05, 3.63) is 62.9 Å². The fourth-order valence-electron chi connectivity index (χ4n) is 2.80. The number of halogens is 3. The van der Waals surface area contributed by atoms with Gasteiger partial charge in [-0.1, -0.05) is 34.8 Å². The van der Waals surface area contributed by atoms with Gasteiger partial charge in [0.1, 0.15) is 11.6 Å². The number of ether oxygens (including phenoxy) is 1. The number of aromatic nitrogens is 3. The Morgan fingerprint density at radius 1 is 1.14 bits per heavy atom. The highest BCUT2D eigenvalue weighted by molar-refractivity contribution is 6.34. The van der Waals surface area contributed by atoms with Gasteiger partial charge >= 0.3 is 0 Å². The molecule has 1 heterocycles. The minimum Gasteiger partial charge on any atom is -0.495 e. The largest absolute Gasteiger partial charge is 0.495 e. The Hall–Kier alpha value is -2.28. The van der Waals surface area contributed by atoms with E-state index in [1.54, 1.807) is 42.1 Å². The zero-order valence-electron chi connectivity index (χ0n) is 15.9. The summed E-state index contributed by atoms with van der Waals surface area (Å²) in [6.45, 7) is 2.85. The van der Waals surface area contributed by atoms with Crippen molar-refractivity contribution in [2.75, 3.05) is 7.11 Å². The van der Waals surface area contributed by atoms with Gasteiger partial charge in [0.15, 0.2) is 5.82 Å². The summed E-state index contributed by atoms with van der Waals surface area (Å²) < 4.78 is 6.95. The van der Waals surface area contributed by atoms with E-state index in [1.165, 1.54) is 0 Å². The second-order valence-corrected chi connectivity index (χ2v) is 7.53. The van der Waals surface area contributed by atoms with Gasteiger partial charge < -0.3 is 10.1 Å². The molecule has 0 spiro atoms. The maximum absolute atomic E-state index is 12.4. The lowest BCUT2D eigenvalue weighted by Gasteiger charge is -2.07. The van der Waals surface area contributed by atoms with Crippen LogP contribution in [-0.4, -0.2) is 27.8 Å². The van der Waals surface area contributed by atoms with E-state index in [4.69, 9.17) is 39.5 Å². The maximum atomic E-state index is 12.4. The van der Waals surface area contributed by atoms with Gasteiger partial charge in [0, 0.05) is 28.7 Å². The summed E-state index contributed by atoms with van der Waals surface area (Å²) in [5, 5.41) is 8.90. The van der Waals surface area contributed by atoms with Crippen LogP contribution in [0.25, 0.3) is 11.4 Å². The molecule has 1 amide bonds. The van der Waals surface area contributed by atoms with E-state index in [0.717, 1.165) is 11.1 Å². The molecule has 3 rings (SSSR count). The second kappa shape index (κ2) is 9.48. The number of nitrogens with one attached hydrogen (secondary N) is 1. The summed E-state index contributed by atoms with van der Waals surface area (Å²) >= 11 is 18.1. The molecule has 0 fully saturated rings. The van der Waals surface area contributed by atoms with Crippen LogP contribution >= 0.6 is 34.8 Å². The third-order valence-corrected chi connectivity index (χ3v) is 4.94. The van der Waals surface area contributed by atoms with E-state index >= 15 is 0 Å². The minimum atomic E-state index is -0.177. The van der Waals surface area contributed by atoms with Crippen molar-refractivity contribution in [2.24, 2.45) is 0 Å². The average Bonchev–Trinajstić information content (AvgIpc) is 3.08. The zero-order chi connectivity index (χ0) is 21.0. The molecule has 0 saturated carbocycles. The Kier molecular flexibility index (Phi) is 7.00. The molecule has 3 aromatic rings. The second-order valence-electron chi connectivity index (χ2n) is 6.25. The topological polar surface area (TPSA) is 69.0 Å². The first-order chi connectivity index (χ1) is 13.9. The number of nitrogens with zero attached hydrogens (tertiary/aromatic N) is 3. The van der Waals surface area contributed by atoms with Gasteiger partial charge in [0.2, 0.25) is 5.91 Å². The van der Waals surface area contributed by atoms with Crippen LogP contribution in [0.2, 0.25) is 15.1 Å². The molecule has 0 unspecified atom stereocenters. The van der Waals surface area contributed by atoms with Crippen molar-refractivity contribution in [1.82, 2.24) is 20.1 Å². The number of carbonyl (C=O) groups excluding carboxylic acids is 1. The average molecular weight is 454 g/mol. The molecule has 0 bridgehead atoms. The molecule has 2 aromatic carbocycles. The van der Waals surface area contributed by atoms with Crippen molar-refractivity contribution in [2.45, 2.75) is 26.4 Å². The summed E-state index contributed by atoms with van der Waals surface area (Å²) in [7, 11) is 1.55. The van der Waals surface area contributed by atoms with Crippen LogP contribution in [0.1, 0.15) is 18.3 Å². The molecular formula is C20H19Cl3N4O2. The molecule has 0 aliphatic rings. The van der Waals surface area contributed by atoms with Crippen LogP contribution in [0.3, 0.4) is 0 Å². The van der Waals surface area contributed by atoms with E-state index in [0.29, 0.717) is 45.6 Å². The molecule has 0 radical (unpaired) electrons. The Balaban J connectivity index is 1.72. The standard InChI is InChI=1S/C20H19Cl3N4O2/c1-3-27-18(10-19(28)24-11-12-6-14(21)9-15(22)7-12)25-20(26-27)13-4-5-16(23)17(8-13)29-2/h4-9H,3,10-11H2,1-2H3,(H,24,28). The molecule has 29 heavy (non-hydrogen) atoms. The van der Waals surface area contributed by atoms with Crippen molar-refractivity contribution in [1.29, 1.82) is 0 Å². The molecule has 0 saturated heterocycles. The highest BCUT2D eigenvalue weighted by atomic mass is 35.5. The van der Waals surface area contributed by atoms with Crippen molar-refractivity contribution in [3.63, 3.8) is 0 Å². The predicted molar refractivity (Wildman–Crippen MR) is 115 cm³/mol. The third kappa shape index (κ3) is 5.41. The number of benzene rings is 2. The zero-order valence-corrected chi connectivity index (χ0v) is 18.1. The highest BCUT2D eigenvalue weighted by Crippen LogP contribution is 2.29. The maximum Gasteiger partial charge on any atom is 0.227 e. The van der Waals surface area contributed by atoms with Gasteiger partial charge in [-0.2, -0.15) is 5.10 Å². The lowest BCUT2D eigenvalue weighted by atomic mass is 10.2. The Labute approximate surface area is 183 Å². The van der Waals surface area contributed by atoms with Crippen LogP contribution in [0.5, 0.6) is 5.75 Å². The molecule has 9 heteroatoms. The first-order valence-electron chi connectivity index (χ1n) is 8.89. The quantitative estimate of drug-likeness (QED) is 0.558. The van der Waals surface area contributed by atoms with Gasteiger partial charge in [-0.3, -0.25) is 4.79 Å². The van der Waals surface area contributed by atoms with Gasteiger partial charge in [0.05, 0.1) is 18.6 Å². The van der Waals surface area contributed by atoms with E-state index in [1.807, 2.05) is 13.0 Å². The molecule has 152 valence electrons. The Morgan fingerprint density at radius 3 is 2.52 bits per heavy atom. The number of hydrogen-bond donors (Lipinski definition) is 1. The lowest BCUT2D eigenvalue weighted by molar-refractivity contribution is -0.120. The molecule has 0 atom stereocenters. The molecule has 6 nitrogen and oxygen atoms in total. The fraction of sp³-hybridized carbons (Fsp3) is 0.250. The number of rotatable bonds is 7. The normalized spacial score (nSPS) is 10.8. The number of amides is 1. The van der Waals surface area contributed by atoms with E-state index in [9.17, 15) is 4.79 Å². The van der Waals surface area contributed by atoms with Crippen LogP contribution < -0.4 is 10.1 Å². The molecule has 1 aromatic heterocycles. The number of hydrogen-bond acceptors (Lipinski definition) is 4. The number of aryl methyl sites for hydroxylation is 1. The summed E-state index contributed by atoms with van der Waals surface area (Å²) in [4.78, 5) is 16.9. The molecule has 1 N–H and O–H groups in total. The first kappa shape index (κ1) is 21.4. The van der Waals surface area contributed by atoms with Gasteiger partial charge in [-0.15, -0.1) is 0 Å². The first-order valence-corrected chi connectivity index (χ1v) is 10.0. The summed E-state index contributed by atoms with van der Waals surface area (Å²) in [6, 6.07) is 10.5. The van der Waals surface area contributed by atoms with Crippen molar-refractivity contribution < 1.29 is 9.53 Å². The third-order valence-electron chi connectivity index (χ3n) is 4.19. The Bertz CT molecular complexity index is 1020. The molecular weight excluding hydrogens is 435 g/mol. The van der Waals surface area contributed by atoms with Crippen LogP contribution in [0.15, 0.2) is 36.4 Å². The highest BCUT2D eigenvalue weighted by Gasteiger charge is 2.15. The van der Waals surface area contributed by atoms with Crippen LogP contribution in [0, 0.1) is 0 Å². The Morgan fingerprint density at radius 2 is 1.86 bits per heavy atom. The van der Waals surface area contributed by atoms with E-state index in [2.05, 4.69) is 15.4 Å². The molecule has 0 aliphatic heterocycles. The smallest absolute Gasteiger partial charge is 0.227 e. The van der Waals surface area contributed by atoms with Gasteiger partial charge in [-0.25, -0.2) is 9.67 Å². The fourth-order valence-corrected chi connectivity index (χ4v) is 3.57. The monoisotopic (exact) mass is 452 g/mol. The van der Waals surface area contributed by atoms with Crippen molar-refractivity contribution in [3.8, 4) is 17.1 Å².